The SMILES string of the molecule is CC(=O)[C@@H]1[C@H](C(=O)c2ccco2)[C@]2(C(=O)Nc3ccccc32)[C@H]2C=Cc3cc(F)ccc3N12. The summed E-state index contributed by atoms with van der Waals surface area (Å²) in [5.41, 5.74) is 1.11. The lowest BCUT2D eigenvalue weighted by Crippen LogP contribution is -2.51. The van der Waals surface area contributed by atoms with Crippen LogP contribution in [-0.4, -0.2) is 29.6 Å². The molecule has 4 heterocycles. The van der Waals surface area contributed by atoms with Crippen LogP contribution in [0.2, 0.25) is 0 Å². The van der Waals surface area contributed by atoms with Gasteiger partial charge in [-0.1, -0.05) is 30.4 Å². The molecule has 1 aromatic heterocycles. The minimum Gasteiger partial charge on any atom is -0.461 e. The van der Waals surface area contributed by atoms with Gasteiger partial charge >= 0.3 is 0 Å². The van der Waals surface area contributed by atoms with Crippen LogP contribution in [0.15, 0.2) is 71.4 Å². The minimum atomic E-state index is -1.36. The van der Waals surface area contributed by atoms with Gasteiger partial charge in [0, 0.05) is 16.9 Å². The van der Waals surface area contributed by atoms with Crippen molar-refractivity contribution in [2.24, 2.45) is 5.92 Å². The fourth-order valence-corrected chi connectivity index (χ4v) is 5.88. The number of para-hydroxylation sites is 1. The summed E-state index contributed by atoms with van der Waals surface area (Å²) in [6.45, 7) is 1.42. The molecule has 1 spiro atoms. The van der Waals surface area contributed by atoms with Crippen LogP contribution in [0.3, 0.4) is 0 Å². The number of furan rings is 1. The third-order valence-corrected chi connectivity index (χ3v) is 7.06. The van der Waals surface area contributed by atoms with Crippen LogP contribution in [0.1, 0.15) is 28.6 Å². The quantitative estimate of drug-likeness (QED) is 0.621. The summed E-state index contributed by atoms with van der Waals surface area (Å²) in [4.78, 5) is 42.7. The van der Waals surface area contributed by atoms with Crippen molar-refractivity contribution in [1.29, 1.82) is 0 Å². The van der Waals surface area contributed by atoms with Gasteiger partial charge in [0.2, 0.25) is 11.7 Å². The monoisotopic (exact) mass is 442 g/mol. The average Bonchev–Trinajstić information content (AvgIpc) is 3.50. The van der Waals surface area contributed by atoms with Crippen LogP contribution in [0.25, 0.3) is 6.08 Å². The lowest BCUT2D eigenvalue weighted by molar-refractivity contribution is -0.122. The molecule has 7 heteroatoms. The highest BCUT2D eigenvalue weighted by molar-refractivity contribution is 6.16. The van der Waals surface area contributed by atoms with E-state index in [1.807, 2.05) is 23.1 Å². The van der Waals surface area contributed by atoms with E-state index < -0.39 is 35.0 Å². The van der Waals surface area contributed by atoms with Crippen molar-refractivity contribution in [2.45, 2.75) is 24.4 Å². The first kappa shape index (κ1) is 19.7. The molecular weight excluding hydrogens is 423 g/mol. The number of nitrogens with one attached hydrogen (secondary N) is 1. The average molecular weight is 442 g/mol. The maximum atomic E-state index is 14.0. The van der Waals surface area contributed by atoms with Gasteiger partial charge in [-0.2, -0.15) is 0 Å². The van der Waals surface area contributed by atoms with Crippen molar-refractivity contribution < 1.29 is 23.2 Å². The predicted octanol–water partition coefficient (Wildman–Crippen LogP) is 3.98. The number of nitrogens with zero attached hydrogens (tertiary/aromatic N) is 1. The molecule has 6 rings (SSSR count). The van der Waals surface area contributed by atoms with Crippen LogP contribution in [0.4, 0.5) is 15.8 Å². The van der Waals surface area contributed by atoms with Crippen molar-refractivity contribution in [3.05, 3.63) is 89.6 Å². The van der Waals surface area contributed by atoms with E-state index >= 15 is 0 Å². The number of amides is 1. The molecule has 3 aliphatic rings. The maximum Gasteiger partial charge on any atom is 0.238 e. The Morgan fingerprint density at radius 1 is 1.12 bits per heavy atom. The third kappa shape index (κ3) is 2.44. The second-order valence-corrected chi connectivity index (χ2v) is 8.66. The molecule has 0 bridgehead atoms. The summed E-state index contributed by atoms with van der Waals surface area (Å²) in [7, 11) is 0. The summed E-state index contributed by atoms with van der Waals surface area (Å²) in [5.74, 6) is -2.38. The fraction of sp³-hybridized carbons (Fsp3) is 0.192. The number of carbonyl (C=O) groups excluding carboxylic acids is 3. The van der Waals surface area contributed by atoms with E-state index in [9.17, 15) is 18.8 Å². The number of hydrogen-bond acceptors (Lipinski definition) is 5. The van der Waals surface area contributed by atoms with Gasteiger partial charge in [0.1, 0.15) is 11.2 Å². The Labute approximate surface area is 188 Å². The van der Waals surface area contributed by atoms with Crippen LogP contribution in [0.5, 0.6) is 0 Å². The second kappa shape index (κ2) is 6.75. The first-order valence-electron chi connectivity index (χ1n) is 10.7. The molecule has 33 heavy (non-hydrogen) atoms. The molecule has 0 saturated carbocycles. The zero-order chi connectivity index (χ0) is 22.9. The van der Waals surface area contributed by atoms with Crippen molar-refractivity contribution in [3.8, 4) is 0 Å². The number of anilines is 2. The number of fused-ring (bicyclic) bond motifs is 6. The number of carbonyl (C=O) groups is 3. The highest BCUT2D eigenvalue weighted by Crippen LogP contribution is 2.57. The molecule has 1 amide bonds. The normalized spacial score (nSPS) is 26.7. The van der Waals surface area contributed by atoms with Gasteiger partial charge in [-0.05, 0) is 48.9 Å². The van der Waals surface area contributed by atoms with Gasteiger partial charge in [-0.15, -0.1) is 0 Å². The lowest BCUT2D eigenvalue weighted by Gasteiger charge is -2.37. The molecular formula is C26H19FN2O4. The van der Waals surface area contributed by atoms with E-state index in [4.69, 9.17) is 4.42 Å². The van der Waals surface area contributed by atoms with E-state index in [0.29, 0.717) is 22.5 Å². The molecule has 1 N–H and O–H groups in total. The Balaban J connectivity index is 1.67. The smallest absolute Gasteiger partial charge is 0.238 e. The predicted molar refractivity (Wildman–Crippen MR) is 119 cm³/mol. The summed E-state index contributed by atoms with van der Waals surface area (Å²) in [6, 6.07) is 13.1. The van der Waals surface area contributed by atoms with Crippen molar-refractivity contribution in [2.75, 3.05) is 10.2 Å². The molecule has 0 radical (unpaired) electrons. The Morgan fingerprint density at radius 3 is 2.70 bits per heavy atom. The first-order chi connectivity index (χ1) is 15.9. The molecule has 4 atom stereocenters. The Morgan fingerprint density at radius 2 is 1.94 bits per heavy atom. The number of rotatable bonds is 3. The minimum absolute atomic E-state index is 0.0889. The number of halogens is 1. The number of Topliss-reactive ketones (excluding diaryl/α,β-unsaturated/α-hetero) is 2. The van der Waals surface area contributed by atoms with Gasteiger partial charge in [0.25, 0.3) is 0 Å². The summed E-state index contributed by atoms with van der Waals surface area (Å²) in [6.07, 6.45) is 4.95. The number of benzene rings is 2. The lowest BCUT2D eigenvalue weighted by atomic mass is 9.65. The van der Waals surface area contributed by atoms with Gasteiger partial charge in [0.05, 0.1) is 24.3 Å². The van der Waals surface area contributed by atoms with E-state index in [1.165, 1.54) is 25.3 Å². The third-order valence-electron chi connectivity index (χ3n) is 7.06. The van der Waals surface area contributed by atoms with Gasteiger partial charge < -0.3 is 14.6 Å². The van der Waals surface area contributed by atoms with E-state index in [0.717, 1.165) is 0 Å². The molecule has 3 aromatic rings. The highest BCUT2D eigenvalue weighted by Gasteiger charge is 2.70. The molecule has 1 saturated heterocycles. The fourth-order valence-electron chi connectivity index (χ4n) is 5.88. The number of hydrogen-bond donors (Lipinski definition) is 1. The summed E-state index contributed by atoms with van der Waals surface area (Å²) >= 11 is 0. The molecule has 1 fully saturated rings. The second-order valence-electron chi connectivity index (χ2n) is 8.66. The Bertz CT molecular complexity index is 1360. The highest BCUT2D eigenvalue weighted by atomic mass is 19.1. The Hall–Kier alpha value is -4.00. The zero-order valence-electron chi connectivity index (χ0n) is 17.6. The molecule has 3 aliphatic heterocycles. The zero-order valence-corrected chi connectivity index (χ0v) is 17.6. The molecule has 0 aliphatic carbocycles. The molecule has 6 nitrogen and oxygen atoms in total. The number of ketones is 2. The van der Waals surface area contributed by atoms with Crippen LogP contribution in [0, 0.1) is 11.7 Å². The maximum absolute atomic E-state index is 14.0. The van der Waals surface area contributed by atoms with Crippen LogP contribution < -0.4 is 10.2 Å². The van der Waals surface area contributed by atoms with Crippen LogP contribution in [-0.2, 0) is 15.0 Å². The molecule has 0 unspecified atom stereocenters. The topological polar surface area (TPSA) is 79.6 Å². The molecule has 2 aromatic carbocycles. The van der Waals surface area contributed by atoms with E-state index in [2.05, 4.69) is 5.32 Å². The summed E-state index contributed by atoms with van der Waals surface area (Å²) < 4.78 is 19.4. The largest absolute Gasteiger partial charge is 0.461 e. The summed E-state index contributed by atoms with van der Waals surface area (Å²) in [5, 5.41) is 2.93. The van der Waals surface area contributed by atoms with E-state index in [1.54, 1.807) is 36.4 Å². The van der Waals surface area contributed by atoms with Gasteiger partial charge in [-0.3, -0.25) is 14.4 Å². The first-order valence-corrected chi connectivity index (χ1v) is 10.7. The Kier molecular flexibility index (Phi) is 4.02. The standard InChI is InChI=1S/C26H19FN2O4/c1-14(30)23-22(24(31)20-7-4-12-33-20)26(17-5-2-3-6-18(17)28-25(26)32)21-11-8-15-13-16(27)9-10-19(15)29(21)23/h2-13,21-23H,1H3,(H,28,32)/t21-,22-,23-,26-/m1/s1. The van der Waals surface area contributed by atoms with E-state index in [-0.39, 0.29) is 17.5 Å². The van der Waals surface area contributed by atoms with Crippen LogP contribution >= 0.6 is 0 Å². The molecule has 164 valence electrons. The van der Waals surface area contributed by atoms with Crippen molar-refractivity contribution >= 4 is 34.9 Å². The van der Waals surface area contributed by atoms with Crippen molar-refractivity contribution in [3.63, 3.8) is 0 Å². The van der Waals surface area contributed by atoms with Gasteiger partial charge in [0.15, 0.2) is 11.5 Å². The van der Waals surface area contributed by atoms with Crippen molar-refractivity contribution in [1.82, 2.24) is 0 Å². The van der Waals surface area contributed by atoms with Gasteiger partial charge in [-0.25, -0.2) is 4.39 Å².